The van der Waals surface area contributed by atoms with E-state index in [9.17, 15) is 19.5 Å². The Morgan fingerprint density at radius 2 is 1.41 bits per heavy atom. The summed E-state index contributed by atoms with van der Waals surface area (Å²) in [7, 11) is 0. The summed E-state index contributed by atoms with van der Waals surface area (Å²) in [5.74, 6) is 0.349. The Hall–Kier alpha value is -4.06. The molecule has 5 rings (SSSR count). The monoisotopic (exact) mass is 919 g/mol. The minimum atomic E-state index is -0.756. The molecule has 0 radical (unpaired) electrons. The predicted octanol–water partition coefficient (Wildman–Crippen LogP) is 2.84. The normalized spacial score (nSPS) is 17.3. The lowest BCUT2D eigenvalue weighted by Gasteiger charge is -2.26. The fourth-order valence-corrected chi connectivity index (χ4v) is 7.13. The summed E-state index contributed by atoms with van der Waals surface area (Å²) in [6, 6.07) is 4.38. The van der Waals surface area contributed by atoms with Crippen LogP contribution in [0.4, 0.5) is 0 Å². The third kappa shape index (κ3) is 16.7. The van der Waals surface area contributed by atoms with Crippen LogP contribution in [0.25, 0.3) is 11.0 Å². The maximum Gasteiger partial charge on any atom is 0.330 e. The van der Waals surface area contributed by atoms with E-state index in [0.717, 1.165) is 46.8 Å². The summed E-state index contributed by atoms with van der Waals surface area (Å²) in [6.45, 7) is 15.0. The number of hydrogen-bond donors (Lipinski definition) is 3. The summed E-state index contributed by atoms with van der Waals surface area (Å²) < 4.78 is 59.9. The van der Waals surface area contributed by atoms with E-state index in [1.165, 1.54) is 16.3 Å². The largest absolute Gasteiger partial charge is 0.491 e. The van der Waals surface area contributed by atoms with Crippen LogP contribution < -0.4 is 16.0 Å². The van der Waals surface area contributed by atoms with Crippen LogP contribution in [0.5, 0.6) is 5.75 Å². The number of hydrogen-bond acceptors (Lipinski definition) is 16. The molecule has 3 N–H and O–H groups in total. The number of aryl methyl sites for hydroxylation is 1. The Morgan fingerprint density at radius 1 is 0.828 bits per heavy atom. The van der Waals surface area contributed by atoms with E-state index in [-0.39, 0.29) is 38.2 Å². The molecule has 0 saturated heterocycles. The van der Waals surface area contributed by atoms with Gasteiger partial charge in [0.2, 0.25) is 0 Å². The highest BCUT2D eigenvalue weighted by molar-refractivity contribution is 7.71. The molecule has 0 aliphatic carbocycles. The van der Waals surface area contributed by atoms with Crippen LogP contribution in [0.15, 0.2) is 51.7 Å². The Bertz CT molecular complexity index is 2110. The Kier molecular flexibility index (Phi) is 22.3. The average molecular weight is 920 g/mol. The number of nitrogens with one attached hydrogen (secondary N) is 2. The van der Waals surface area contributed by atoms with Gasteiger partial charge in [0.15, 0.2) is 11.0 Å². The Labute approximate surface area is 378 Å². The van der Waals surface area contributed by atoms with Crippen molar-refractivity contribution < 1.29 is 57.3 Å². The third-order valence-electron chi connectivity index (χ3n) is 10.3. The first-order valence-electron chi connectivity index (χ1n) is 21.9. The van der Waals surface area contributed by atoms with Crippen molar-refractivity contribution >= 4 is 29.2 Å². The van der Waals surface area contributed by atoms with E-state index in [2.05, 4.69) is 46.3 Å². The standard InChI is InChI=1S/C44H65N5O14S/c1-32(2)10-11-47-30-36-38(7-6-37-41(36)49(28-33(47)3)44(64)45-37)61-26-24-59-22-20-57-18-16-55-14-12-54-13-15-56-17-19-58-21-23-60-25-27-62-40(51)9-4-34-29-48(43(53)46-42(34)52)39-8-5-35(31-50)63-39/h5-8,10,29,33,35,39,50H,4,9,11-28,30-31H2,1-3H3,(H,45,64)(H,46,52,53)/t33-,35-,39+/m0/s1. The van der Waals surface area contributed by atoms with Crippen molar-refractivity contribution in [3.63, 3.8) is 0 Å². The zero-order valence-corrected chi connectivity index (χ0v) is 38.1. The van der Waals surface area contributed by atoms with Crippen molar-refractivity contribution in [2.45, 2.75) is 65.1 Å². The summed E-state index contributed by atoms with van der Waals surface area (Å²) in [6.07, 6.45) is 5.59. The van der Waals surface area contributed by atoms with E-state index in [0.29, 0.717) is 98.5 Å². The Balaban J connectivity index is 0.769. The summed E-state index contributed by atoms with van der Waals surface area (Å²) in [5.41, 5.74) is 3.59. The van der Waals surface area contributed by atoms with Gasteiger partial charge in [0, 0.05) is 49.4 Å². The molecule has 2 aromatic heterocycles. The maximum atomic E-state index is 12.2. The van der Waals surface area contributed by atoms with E-state index in [4.69, 9.17) is 59.6 Å². The number of imidazole rings is 1. The zero-order chi connectivity index (χ0) is 45.5. The maximum absolute atomic E-state index is 12.2. The molecular formula is C44H65N5O14S. The second-order valence-electron chi connectivity index (χ2n) is 15.3. The smallest absolute Gasteiger partial charge is 0.330 e. The topological polar surface area (TPSA) is 208 Å². The lowest BCUT2D eigenvalue weighted by atomic mass is 10.1. The van der Waals surface area contributed by atoms with Gasteiger partial charge >= 0.3 is 11.7 Å². The number of carbonyl (C=O) groups excluding carboxylic acids is 1. The van der Waals surface area contributed by atoms with E-state index in [1.54, 1.807) is 12.2 Å². The zero-order valence-electron chi connectivity index (χ0n) is 37.3. The predicted molar refractivity (Wildman–Crippen MR) is 238 cm³/mol. The number of ether oxygens (including phenoxy) is 10. The molecule has 0 unspecified atom stereocenters. The van der Waals surface area contributed by atoms with Crippen LogP contribution in [-0.2, 0) is 66.9 Å². The van der Waals surface area contributed by atoms with Crippen LogP contribution in [0.2, 0.25) is 0 Å². The first-order valence-corrected chi connectivity index (χ1v) is 22.3. The minimum absolute atomic E-state index is 0.0518. The number of esters is 1. The van der Waals surface area contributed by atoms with Gasteiger partial charge in [-0.25, -0.2) is 4.79 Å². The van der Waals surface area contributed by atoms with Crippen molar-refractivity contribution in [3.8, 4) is 5.75 Å². The first kappa shape index (κ1) is 50.9. The van der Waals surface area contributed by atoms with Crippen molar-refractivity contribution in [1.29, 1.82) is 0 Å². The number of benzene rings is 1. The third-order valence-corrected chi connectivity index (χ3v) is 10.6. The fourth-order valence-electron chi connectivity index (χ4n) is 6.86. The number of nitrogens with zero attached hydrogens (tertiary/aromatic N) is 3. The molecule has 0 fully saturated rings. The number of carbonyl (C=O) groups is 1. The number of aromatic amines is 2. The number of aromatic nitrogens is 4. The molecule has 0 spiro atoms. The van der Waals surface area contributed by atoms with Crippen LogP contribution >= 0.6 is 12.2 Å². The molecule has 3 atom stereocenters. The van der Waals surface area contributed by atoms with E-state index in [1.807, 2.05) is 12.1 Å². The molecule has 0 bridgehead atoms. The first-order chi connectivity index (χ1) is 31.1. The highest BCUT2D eigenvalue weighted by Gasteiger charge is 2.26. The van der Waals surface area contributed by atoms with Gasteiger partial charge in [-0.15, -0.1) is 0 Å². The SMILES string of the molecule is CC(C)=CCN1Cc2c(OCCOCCOCCOCCOCCOCCOCCOCCOC(=O)CCc3cn([C@H]4C=C[C@@H](CO)O4)c(=O)[nH]c3=O)ccc3[nH]c(=S)n(c23)C[C@@H]1C. The Morgan fingerprint density at radius 3 is 1.97 bits per heavy atom. The highest BCUT2D eigenvalue weighted by atomic mass is 32.1. The lowest BCUT2D eigenvalue weighted by Crippen LogP contribution is -2.34. The van der Waals surface area contributed by atoms with E-state index < -0.39 is 29.6 Å². The quantitative estimate of drug-likeness (QED) is 0.0356. The molecule has 20 heteroatoms. The average Bonchev–Trinajstić information content (AvgIpc) is 3.84. The van der Waals surface area contributed by atoms with Crippen molar-refractivity contribution in [2.24, 2.45) is 0 Å². The van der Waals surface area contributed by atoms with Crippen molar-refractivity contribution in [2.75, 3.05) is 119 Å². The van der Waals surface area contributed by atoms with Gasteiger partial charge < -0.3 is 62.0 Å². The summed E-state index contributed by atoms with van der Waals surface area (Å²) in [5, 5.41) is 9.23. The van der Waals surface area contributed by atoms with Crippen molar-refractivity contribution in [1.82, 2.24) is 24.0 Å². The van der Waals surface area contributed by atoms with Gasteiger partial charge in [0.1, 0.15) is 25.1 Å². The second-order valence-corrected chi connectivity index (χ2v) is 15.7. The number of H-pyrrole nitrogens is 2. The highest BCUT2D eigenvalue weighted by Crippen LogP contribution is 2.33. The van der Waals surface area contributed by atoms with Gasteiger partial charge in [0.25, 0.3) is 5.56 Å². The van der Waals surface area contributed by atoms with Crippen LogP contribution in [0.3, 0.4) is 0 Å². The molecule has 356 valence electrons. The number of allylic oxidation sites excluding steroid dienone is 1. The number of aliphatic hydroxyl groups is 1. The summed E-state index contributed by atoms with van der Waals surface area (Å²) >= 11 is 5.67. The van der Waals surface area contributed by atoms with E-state index >= 15 is 0 Å². The number of aliphatic hydroxyl groups excluding tert-OH is 1. The molecule has 0 amide bonds. The minimum Gasteiger partial charge on any atom is -0.491 e. The fraction of sp³-hybridized carbons (Fsp3) is 0.636. The molecular weight excluding hydrogens is 855 g/mol. The number of rotatable bonds is 32. The van der Waals surface area contributed by atoms with Crippen molar-refractivity contribution in [3.05, 3.63) is 78.9 Å². The van der Waals surface area contributed by atoms with Gasteiger partial charge in [0.05, 0.1) is 110 Å². The summed E-state index contributed by atoms with van der Waals surface area (Å²) in [4.78, 5) is 44.6. The van der Waals surface area contributed by atoms with Gasteiger partial charge in [-0.3, -0.25) is 24.0 Å². The van der Waals surface area contributed by atoms with Gasteiger partial charge in [-0.1, -0.05) is 17.7 Å². The van der Waals surface area contributed by atoms with Crippen LogP contribution in [0, 0.1) is 4.77 Å². The molecule has 4 heterocycles. The molecule has 2 aliphatic heterocycles. The van der Waals surface area contributed by atoms with Gasteiger partial charge in [-0.05, 0) is 57.6 Å². The molecule has 3 aromatic rings. The molecule has 1 aromatic carbocycles. The van der Waals surface area contributed by atoms with Crippen LogP contribution in [0.1, 0.15) is 44.5 Å². The van der Waals surface area contributed by atoms with Crippen LogP contribution in [-0.4, -0.2) is 166 Å². The lowest BCUT2D eigenvalue weighted by molar-refractivity contribution is -0.145. The molecule has 0 saturated carbocycles. The molecule has 19 nitrogen and oxygen atoms in total. The second kappa shape index (κ2) is 28.1. The molecule has 64 heavy (non-hydrogen) atoms. The van der Waals surface area contributed by atoms with Gasteiger partial charge in [-0.2, -0.15) is 0 Å². The molecule has 2 aliphatic rings.